The number of piperidine rings is 1. The Kier molecular flexibility index (Phi) is 6.20. The Hall–Kier alpha value is -2.50. The monoisotopic (exact) mass is 399 g/mol. The molecule has 0 spiro atoms. The summed E-state index contributed by atoms with van der Waals surface area (Å²) in [5.74, 6) is 0.457. The molecule has 3 rings (SSSR count). The number of rotatable bonds is 4. The van der Waals surface area contributed by atoms with Gasteiger partial charge in [0, 0.05) is 42.8 Å². The van der Waals surface area contributed by atoms with Gasteiger partial charge >= 0.3 is 6.09 Å². The molecule has 1 fully saturated rings. The molecule has 1 aliphatic heterocycles. The number of fused-ring (bicyclic) bond motifs is 1. The quantitative estimate of drug-likeness (QED) is 0.827. The number of nitrogens with one attached hydrogen (secondary N) is 1. The summed E-state index contributed by atoms with van der Waals surface area (Å²) in [6.45, 7) is 12.0. The lowest BCUT2D eigenvalue weighted by Crippen LogP contribution is -2.47. The van der Waals surface area contributed by atoms with Crippen molar-refractivity contribution in [3.05, 3.63) is 36.0 Å². The van der Waals surface area contributed by atoms with E-state index < -0.39 is 5.60 Å². The highest BCUT2D eigenvalue weighted by Crippen LogP contribution is 2.23. The molecule has 2 heterocycles. The Morgan fingerprint density at radius 1 is 1.17 bits per heavy atom. The van der Waals surface area contributed by atoms with Crippen LogP contribution in [0.5, 0.6) is 0 Å². The zero-order valence-corrected chi connectivity index (χ0v) is 18.2. The van der Waals surface area contributed by atoms with Gasteiger partial charge in [-0.15, -0.1) is 0 Å². The van der Waals surface area contributed by atoms with E-state index in [9.17, 15) is 9.59 Å². The minimum absolute atomic E-state index is 0.0422. The van der Waals surface area contributed by atoms with Gasteiger partial charge in [0.15, 0.2) is 0 Å². The topological polar surface area (TPSA) is 63.6 Å². The van der Waals surface area contributed by atoms with Gasteiger partial charge in [0.25, 0.3) is 5.91 Å². The van der Waals surface area contributed by atoms with Crippen molar-refractivity contribution in [2.24, 2.45) is 5.92 Å². The zero-order valence-electron chi connectivity index (χ0n) is 18.2. The second-order valence-corrected chi connectivity index (χ2v) is 9.32. The summed E-state index contributed by atoms with van der Waals surface area (Å²) in [5.41, 5.74) is 1.31. The highest BCUT2D eigenvalue weighted by atomic mass is 16.6. The Labute approximate surface area is 173 Å². The summed E-state index contributed by atoms with van der Waals surface area (Å²) in [6, 6.07) is 8.11. The van der Waals surface area contributed by atoms with E-state index in [1.807, 2.05) is 45.2 Å². The van der Waals surface area contributed by atoms with Crippen LogP contribution in [-0.2, 0) is 11.3 Å². The molecule has 2 amide bonds. The first kappa shape index (κ1) is 21.2. The number of likely N-dealkylation sites (tertiary alicyclic amines) is 1. The molecule has 1 aliphatic rings. The first-order chi connectivity index (χ1) is 13.6. The Morgan fingerprint density at radius 2 is 1.83 bits per heavy atom. The highest BCUT2D eigenvalue weighted by Gasteiger charge is 2.28. The predicted molar refractivity (Wildman–Crippen MR) is 115 cm³/mol. The van der Waals surface area contributed by atoms with Crippen molar-refractivity contribution in [1.82, 2.24) is 14.8 Å². The summed E-state index contributed by atoms with van der Waals surface area (Å²) >= 11 is 0. The molecule has 1 saturated heterocycles. The smallest absolute Gasteiger partial charge is 0.410 e. The lowest BCUT2D eigenvalue weighted by molar-refractivity contribution is 0.0199. The van der Waals surface area contributed by atoms with Crippen molar-refractivity contribution in [3.63, 3.8) is 0 Å². The fourth-order valence-corrected chi connectivity index (χ4v) is 3.77. The van der Waals surface area contributed by atoms with Gasteiger partial charge in [-0.25, -0.2) is 4.79 Å². The number of hydrogen-bond acceptors (Lipinski definition) is 3. The summed E-state index contributed by atoms with van der Waals surface area (Å²) in [7, 11) is 0. The van der Waals surface area contributed by atoms with Crippen LogP contribution in [0.3, 0.4) is 0 Å². The number of carbonyl (C=O) groups is 2. The fourth-order valence-electron chi connectivity index (χ4n) is 3.77. The van der Waals surface area contributed by atoms with Gasteiger partial charge < -0.3 is 19.5 Å². The first-order valence-electron chi connectivity index (χ1n) is 10.5. The van der Waals surface area contributed by atoms with Crippen LogP contribution in [0.2, 0.25) is 0 Å². The Bertz CT molecular complexity index is 871. The van der Waals surface area contributed by atoms with Gasteiger partial charge in [-0.2, -0.15) is 0 Å². The minimum Gasteiger partial charge on any atom is -0.444 e. The molecule has 0 atom stereocenters. The summed E-state index contributed by atoms with van der Waals surface area (Å²) in [5, 5.41) is 4.15. The SMILES string of the molecule is CC(C)Cn1cc(C(=O)NC2CCN(C(=O)OC(C)(C)C)CC2)c2ccccc21. The average molecular weight is 400 g/mol. The van der Waals surface area contributed by atoms with Crippen LogP contribution in [0.15, 0.2) is 30.5 Å². The molecule has 1 aromatic carbocycles. The molecule has 2 aromatic rings. The van der Waals surface area contributed by atoms with Crippen molar-refractivity contribution in [2.45, 2.75) is 65.6 Å². The van der Waals surface area contributed by atoms with Crippen LogP contribution in [-0.4, -0.2) is 46.2 Å². The fraction of sp³-hybridized carbons (Fsp3) is 0.565. The average Bonchev–Trinajstić information content (AvgIpc) is 2.99. The molecular weight excluding hydrogens is 366 g/mol. The molecular formula is C23H33N3O3. The maximum atomic E-state index is 13.0. The summed E-state index contributed by atoms with van der Waals surface area (Å²) in [4.78, 5) is 26.9. The third-order valence-electron chi connectivity index (χ3n) is 5.08. The van der Waals surface area contributed by atoms with Gasteiger partial charge in [-0.1, -0.05) is 32.0 Å². The van der Waals surface area contributed by atoms with Crippen LogP contribution in [0.25, 0.3) is 10.9 Å². The summed E-state index contributed by atoms with van der Waals surface area (Å²) in [6.07, 6.45) is 3.15. The Balaban J connectivity index is 1.64. The maximum absolute atomic E-state index is 13.0. The first-order valence-corrected chi connectivity index (χ1v) is 10.5. The van der Waals surface area contributed by atoms with Gasteiger partial charge in [0.1, 0.15) is 5.60 Å². The van der Waals surface area contributed by atoms with Gasteiger partial charge in [0.05, 0.1) is 5.56 Å². The van der Waals surface area contributed by atoms with E-state index in [1.54, 1.807) is 4.90 Å². The van der Waals surface area contributed by atoms with Crippen LogP contribution >= 0.6 is 0 Å². The van der Waals surface area contributed by atoms with E-state index in [1.165, 1.54) is 0 Å². The lowest BCUT2D eigenvalue weighted by atomic mass is 10.0. The third kappa shape index (κ3) is 5.31. The van der Waals surface area contributed by atoms with Gasteiger partial charge in [-0.3, -0.25) is 4.79 Å². The number of ether oxygens (including phenoxy) is 1. The van der Waals surface area contributed by atoms with Crippen LogP contribution in [0, 0.1) is 5.92 Å². The zero-order chi connectivity index (χ0) is 21.2. The molecule has 158 valence electrons. The van der Waals surface area contributed by atoms with E-state index in [2.05, 4.69) is 29.8 Å². The Morgan fingerprint density at radius 3 is 2.45 bits per heavy atom. The molecule has 0 unspecified atom stereocenters. The standard InChI is InChI=1S/C23H33N3O3/c1-16(2)14-26-15-19(18-8-6-7-9-20(18)26)21(27)24-17-10-12-25(13-11-17)22(28)29-23(3,4)5/h6-9,15-17H,10-14H2,1-5H3,(H,24,27). The minimum atomic E-state index is -0.494. The largest absolute Gasteiger partial charge is 0.444 e. The molecule has 0 radical (unpaired) electrons. The second kappa shape index (κ2) is 8.47. The van der Waals surface area contributed by atoms with E-state index in [0.29, 0.717) is 19.0 Å². The third-order valence-corrected chi connectivity index (χ3v) is 5.08. The van der Waals surface area contributed by atoms with E-state index in [0.717, 1.165) is 35.9 Å². The van der Waals surface area contributed by atoms with Gasteiger partial charge in [0.2, 0.25) is 0 Å². The molecule has 0 aliphatic carbocycles. The van der Waals surface area contributed by atoms with Crippen LogP contribution in [0.1, 0.15) is 57.8 Å². The van der Waals surface area contributed by atoms with Crippen LogP contribution in [0.4, 0.5) is 4.79 Å². The molecule has 6 nitrogen and oxygen atoms in total. The number of nitrogens with zero attached hydrogens (tertiary/aromatic N) is 2. The lowest BCUT2D eigenvalue weighted by Gasteiger charge is -2.33. The molecule has 29 heavy (non-hydrogen) atoms. The van der Waals surface area contributed by atoms with E-state index in [4.69, 9.17) is 4.74 Å². The highest BCUT2D eigenvalue weighted by molar-refractivity contribution is 6.07. The van der Waals surface area contributed by atoms with E-state index in [-0.39, 0.29) is 18.0 Å². The number of hydrogen-bond donors (Lipinski definition) is 1. The second-order valence-electron chi connectivity index (χ2n) is 9.32. The molecule has 0 saturated carbocycles. The van der Waals surface area contributed by atoms with Crippen molar-refractivity contribution in [3.8, 4) is 0 Å². The molecule has 1 N–H and O–H groups in total. The van der Waals surface area contributed by atoms with Crippen molar-refractivity contribution >= 4 is 22.9 Å². The van der Waals surface area contributed by atoms with Gasteiger partial charge in [-0.05, 0) is 45.6 Å². The number of para-hydroxylation sites is 1. The van der Waals surface area contributed by atoms with Crippen LogP contribution < -0.4 is 5.32 Å². The van der Waals surface area contributed by atoms with Crippen molar-refractivity contribution in [2.75, 3.05) is 13.1 Å². The van der Waals surface area contributed by atoms with Crippen molar-refractivity contribution in [1.29, 1.82) is 0 Å². The predicted octanol–water partition coefficient (Wildman–Crippen LogP) is 4.43. The van der Waals surface area contributed by atoms with E-state index >= 15 is 0 Å². The number of carbonyl (C=O) groups excluding carboxylic acids is 2. The molecule has 6 heteroatoms. The number of amides is 2. The number of aromatic nitrogens is 1. The van der Waals surface area contributed by atoms with Crippen molar-refractivity contribution < 1.29 is 14.3 Å². The number of benzene rings is 1. The summed E-state index contributed by atoms with van der Waals surface area (Å²) < 4.78 is 7.61. The molecule has 0 bridgehead atoms. The molecule has 1 aromatic heterocycles. The maximum Gasteiger partial charge on any atom is 0.410 e. The normalized spacial score (nSPS) is 15.7.